The van der Waals surface area contributed by atoms with Crippen LogP contribution in [0.2, 0.25) is 0 Å². The number of fused-ring (bicyclic) bond motifs is 3. The van der Waals surface area contributed by atoms with Crippen molar-refractivity contribution in [1.82, 2.24) is 4.90 Å². The van der Waals surface area contributed by atoms with Crippen molar-refractivity contribution in [3.8, 4) is 11.1 Å². The van der Waals surface area contributed by atoms with Crippen LogP contribution in [0.3, 0.4) is 0 Å². The summed E-state index contributed by atoms with van der Waals surface area (Å²) >= 11 is 0. The van der Waals surface area contributed by atoms with E-state index in [1.807, 2.05) is 48.5 Å². The Kier molecular flexibility index (Phi) is 4.63. The number of rotatable bonds is 4. The standard InChI is InChI=1S/C20H18N4O4/c21-23-22-12-9-18(19(25)26)24(10-12)20(27)28-11-17-15-7-3-1-5-13(15)14-6-2-4-8-16(14)17/h1-8,12,17-18H,9-11H2,(H,25,26)/t12-,18-/m0/s1. The molecule has 1 fully saturated rings. The van der Waals surface area contributed by atoms with Gasteiger partial charge in [0.2, 0.25) is 0 Å². The maximum atomic E-state index is 12.6. The number of likely N-dealkylation sites (tertiary alicyclic amines) is 1. The highest BCUT2D eigenvalue weighted by Gasteiger charge is 2.40. The van der Waals surface area contributed by atoms with Crippen molar-refractivity contribution < 1.29 is 19.4 Å². The summed E-state index contributed by atoms with van der Waals surface area (Å²) in [6, 6.07) is 14.3. The molecule has 0 radical (unpaired) electrons. The van der Waals surface area contributed by atoms with Gasteiger partial charge in [-0.05, 0) is 34.2 Å². The fourth-order valence-corrected chi connectivity index (χ4v) is 4.08. The molecule has 2 aromatic rings. The molecular weight excluding hydrogens is 360 g/mol. The van der Waals surface area contributed by atoms with Crippen LogP contribution in [0.15, 0.2) is 53.6 Å². The van der Waals surface area contributed by atoms with Gasteiger partial charge in [-0.1, -0.05) is 53.6 Å². The topological polar surface area (TPSA) is 116 Å². The fourth-order valence-electron chi connectivity index (χ4n) is 4.08. The van der Waals surface area contributed by atoms with Crippen molar-refractivity contribution >= 4 is 12.1 Å². The molecule has 0 spiro atoms. The molecule has 8 heteroatoms. The summed E-state index contributed by atoms with van der Waals surface area (Å²) in [7, 11) is 0. The maximum absolute atomic E-state index is 12.6. The molecule has 2 aliphatic rings. The number of carboxylic acid groups (broad SMARTS) is 1. The number of aliphatic carboxylic acids is 1. The lowest BCUT2D eigenvalue weighted by molar-refractivity contribution is -0.141. The molecule has 28 heavy (non-hydrogen) atoms. The lowest BCUT2D eigenvalue weighted by Crippen LogP contribution is -2.41. The van der Waals surface area contributed by atoms with Gasteiger partial charge in [0.15, 0.2) is 0 Å². The zero-order chi connectivity index (χ0) is 19.7. The lowest BCUT2D eigenvalue weighted by atomic mass is 9.98. The molecule has 4 rings (SSSR count). The number of azide groups is 1. The summed E-state index contributed by atoms with van der Waals surface area (Å²) in [5.74, 6) is -1.24. The van der Waals surface area contributed by atoms with E-state index < -0.39 is 24.1 Å². The zero-order valence-corrected chi connectivity index (χ0v) is 14.9. The second-order valence-corrected chi connectivity index (χ2v) is 6.90. The highest BCUT2D eigenvalue weighted by molar-refractivity contribution is 5.81. The third kappa shape index (κ3) is 3.04. The van der Waals surface area contributed by atoms with Crippen molar-refractivity contribution in [1.29, 1.82) is 0 Å². The van der Waals surface area contributed by atoms with E-state index in [1.165, 1.54) is 0 Å². The molecule has 2 aromatic carbocycles. The van der Waals surface area contributed by atoms with Crippen LogP contribution in [0.5, 0.6) is 0 Å². The van der Waals surface area contributed by atoms with Gasteiger partial charge in [-0.3, -0.25) is 4.90 Å². The van der Waals surface area contributed by atoms with Gasteiger partial charge in [-0.25, -0.2) is 9.59 Å². The van der Waals surface area contributed by atoms with Crippen molar-refractivity contribution in [2.75, 3.05) is 13.2 Å². The largest absolute Gasteiger partial charge is 0.480 e. The van der Waals surface area contributed by atoms with Crippen LogP contribution >= 0.6 is 0 Å². The molecule has 142 valence electrons. The van der Waals surface area contributed by atoms with Crippen LogP contribution < -0.4 is 0 Å². The summed E-state index contributed by atoms with van der Waals surface area (Å²) in [5.41, 5.74) is 13.0. The van der Waals surface area contributed by atoms with Crippen molar-refractivity contribution in [3.63, 3.8) is 0 Å². The first-order valence-corrected chi connectivity index (χ1v) is 8.98. The van der Waals surface area contributed by atoms with Crippen molar-refractivity contribution in [2.45, 2.75) is 24.4 Å². The average molecular weight is 378 g/mol. The summed E-state index contributed by atoms with van der Waals surface area (Å²) < 4.78 is 5.52. The minimum absolute atomic E-state index is 0.0394. The molecule has 1 heterocycles. The Balaban J connectivity index is 1.52. The van der Waals surface area contributed by atoms with Gasteiger partial charge in [-0.2, -0.15) is 0 Å². The van der Waals surface area contributed by atoms with E-state index in [9.17, 15) is 14.7 Å². The molecule has 1 aliphatic heterocycles. The van der Waals surface area contributed by atoms with Gasteiger partial charge < -0.3 is 9.84 Å². The maximum Gasteiger partial charge on any atom is 0.410 e. The number of carboxylic acids is 1. The summed E-state index contributed by atoms with van der Waals surface area (Å²) in [4.78, 5) is 27.9. The van der Waals surface area contributed by atoms with E-state index in [2.05, 4.69) is 10.0 Å². The Morgan fingerprint density at radius 3 is 2.32 bits per heavy atom. The number of carbonyl (C=O) groups excluding carboxylic acids is 1. The summed E-state index contributed by atoms with van der Waals surface area (Å²) in [5, 5.41) is 12.9. The molecule has 1 aliphatic carbocycles. The predicted molar refractivity (Wildman–Crippen MR) is 101 cm³/mol. The smallest absolute Gasteiger partial charge is 0.410 e. The Bertz CT molecular complexity index is 940. The summed E-state index contributed by atoms with van der Waals surface area (Å²) in [6.45, 7) is 0.152. The Labute approximate surface area is 161 Å². The molecule has 8 nitrogen and oxygen atoms in total. The molecule has 0 saturated carbocycles. The van der Waals surface area contributed by atoms with E-state index in [0.29, 0.717) is 0 Å². The number of nitrogens with zero attached hydrogens (tertiary/aromatic N) is 4. The van der Waals surface area contributed by atoms with Gasteiger partial charge in [0.05, 0.1) is 6.04 Å². The van der Waals surface area contributed by atoms with Crippen molar-refractivity contribution in [3.05, 3.63) is 70.1 Å². The third-order valence-electron chi connectivity index (χ3n) is 5.35. The highest BCUT2D eigenvalue weighted by Crippen LogP contribution is 2.44. The first-order chi connectivity index (χ1) is 13.6. The SMILES string of the molecule is [N-]=[N+]=N[C@H]1C[C@@H](C(=O)O)N(C(=O)OCC2c3ccccc3-c3ccccc32)C1. The second-order valence-electron chi connectivity index (χ2n) is 6.90. The summed E-state index contributed by atoms with van der Waals surface area (Å²) in [6.07, 6.45) is -0.617. The molecule has 2 atom stereocenters. The average Bonchev–Trinajstić information content (AvgIpc) is 3.26. The number of hydrogen-bond acceptors (Lipinski definition) is 4. The van der Waals surface area contributed by atoms with E-state index in [4.69, 9.17) is 10.3 Å². The monoisotopic (exact) mass is 378 g/mol. The van der Waals surface area contributed by atoms with Crippen LogP contribution in [-0.2, 0) is 9.53 Å². The van der Waals surface area contributed by atoms with E-state index in [-0.39, 0.29) is 25.5 Å². The normalized spacial score (nSPS) is 20.2. The van der Waals surface area contributed by atoms with Crippen LogP contribution in [0.4, 0.5) is 4.79 Å². The van der Waals surface area contributed by atoms with Crippen LogP contribution in [0, 0.1) is 0 Å². The van der Waals surface area contributed by atoms with E-state index in [0.717, 1.165) is 27.2 Å². The van der Waals surface area contributed by atoms with Gasteiger partial charge >= 0.3 is 12.1 Å². The molecule has 1 saturated heterocycles. The number of hydrogen-bond donors (Lipinski definition) is 1. The molecular formula is C20H18N4O4. The van der Waals surface area contributed by atoms with Gasteiger partial charge in [0.1, 0.15) is 12.6 Å². The molecule has 0 unspecified atom stereocenters. The van der Waals surface area contributed by atoms with Crippen LogP contribution in [0.1, 0.15) is 23.5 Å². The minimum atomic E-state index is -1.14. The third-order valence-corrected chi connectivity index (χ3v) is 5.35. The zero-order valence-electron chi connectivity index (χ0n) is 14.9. The molecule has 0 bridgehead atoms. The second kappa shape index (κ2) is 7.25. The molecule has 1 amide bonds. The van der Waals surface area contributed by atoms with Crippen LogP contribution in [-0.4, -0.2) is 47.3 Å². The number of ether oxygens (including phenoxy) is 1. The first-order valence-electron chi connectivity index (χ1n) is 8.98. The fraction of sp³-hybridized carbons (Fsp3) is 0.300. The quantitative estimate of drug-likeness (QED) is 0.495. The Hall–Kier alpha value is -3.51. The predicted octanol–water partition coefficient (Wildman–Crippen LogP) is 3.77. The van der Waals surface area contributed by atoms with Crippen molar-refractivity contribution in [2.24, 2.45) is 5.11 Å². The number of benzene rings is 2. The number of carbonyl (C=O) groups is 2. The lowest BCUT2D eigenvalue weighted by Gasteiger charge is -2.22. The van der Waals surface area contributed by atoms with Crippen LogP contribution in [0.25, 0.3) is 21.6 Å². The van der Waals surface area contributed by atoms with E-state index >= 15 is 0 Å². The first kappa shape index (κ1) is 17.9. The highest BCUT2D eigenvalue weighted by atomic mass is 16.6. The molecule has 1 N–H and O–H groups in total. The Morgan fingerprint density at radius 2 is 1.75 bits per heavy atom. The minimum Gasteiger partial charge on any atom is -0.480 e. The number of amides is 1. The van der Waals surface area contributed by atoms with Gasteiger partial charge in [0.25, 0.3) is 0 Å². The van der Waals surface area contributed by atoms with Gasteiger partial charge in [0, 0.05) is 17.4 Å². The van der Waals surface area contributed by atoms with E-state index in [1.54, 1.807) is 0 Å². The Morgan fingerprint density at radius 1 is 1.14 bits per heavy atom. The van der Waals surface area contributed by atoms with Gasteiger partial charge in [-0.15, -0.1) is 0 Å². The molecule has 0 aromatic heterocycles.